The molecule has 2 aromatic rings. The topological polar surface area (TPSA) is 111 Å². The van der Waals surface area contributed by atoms with Crippen molar-refractivity contribution in [1.82, 2.24) is 20.4 Å². The van der Waals surface area contributed by atoms with E-state index in [0.29, 0.717) is 30.5 Å². The molecule has 2 aliphatic heterocycles. The second-order valence-electron chi connectivity index (χ2n) is 7.20. The summed E-state index contributed by atoms with van der Waals surface area (Å²) in [5.74, 6) is 0.0142. The Balaban J connectivity index is 1.35. The highest BCUT2D eigenvalue weighted by Crippen LogP contribution is 2.25. The maximum Gasteiger partial charge on any atom is 0.269 e. The molecule has 1 aromatic heterocycles. The number of ether oxygens (including phenoxy) is 1. The molecule has 3 heterocycles. The summed E-state index contributed by atoms with van der Waals surface area (Å²) >= 11 is 0. The smallest absolute Gasteiger partial charge is 0.269 e. The van der Waals surface area contributed by atoms with Crippen LogP contribution in [0.1, 0.15) is 23.3 Å². The summed E-state index contributed by atoms with van der Waals surface area (Å²) in [6, 6.07) is 8.79. The molecule has 0 radical (unpaired) electrons. The van der Waals surface area contributed by atoms with Gasteiger partial charge in [-0.15, -0.1) is 0 Å². The van der Waals surface area contributed by atoms with E-state index in [1.165, 1.54) is 0 Å². The molecule has 1 aromatic carbocycles. The third-order valence-corrected chi connectivity index (χ3v) is 5.26. The van der Waals surface area contributed by atoms with Crippen molar-refractivity contribution in [2.24, 2.45) is 0 Å². The second-order valence-corrected chi connectivity index (χ2v) is 7.20. The number of phenolic OH excluding ortho intramolecular Hbond substituents is 1. The number of aliphatic hydroxyl groups is 1. The van der Waals surface area contributed by atoms with E-state index in [0.717, 1.165) is 25.1 Å². The number of aliphatic hydroxyl groups excluding tert-OH is 1. The zero-order chi connectivity index (χ0) is 18.8. The first-order valence-corrected chi connectivity index (χ1v) is 9.24. The van der Waals surface area contributed by atoms with Crippen LogP contribution >= 0.6 is 0 Å². The molecule has 144 valence electrons. The molecule has 2 fully saturated rings. The molecule has 4 rings (SSSR count). The Labute approximate surface area is 157 Å². The van der Waals surface area contributed by atoms with Gasteiger partial charge in [0.2, 0.25) is 0 Å². The Bertz CT molecular complexity index is 791. The molecular weight excluding hydrogens is 348 g/mol. The molecular formula is C19H24N4O4. The van der Waals surface area contributed by atoms with E-state index in [4.69, 9.17) is 9.84 Å². The van der Waals surface area contributed by atoms with Gasteiger partial charge in [-0.2, -0.15) is 5.10 Å². The van der Waals surface area contributed by atoms with Crippen LogP contribution < -0.4 is 5.32 Å². The predicted molar refractivity (Wildman–Crippen MR) is 98.4 cm³/mol. The van der Waals surface area contributed by atoms with Gasteiger partial charge in [-0.25, -0.2) is 0 Å². The fraction of sp³-hybridized carbons (Fsp3) is 0.474. The number of aromatic nitrogens is 2. The number of benzene rings is 1. The SMILES string of the molecule is O=C(N[C@@H]1C[C@H]2CO[C@@H](CCO)CN2C1)c1cc(-c2ccc(O)cc2)n[nH]1. The van der Waals surface area contributed by atoms with Crippen molar-refractivity contribution >= 4 is 5.91 Å². The quantitative estimate of drug-likeness (QED) is 0.616. The number of nitrogens with one attached hydrogen (secondary N) is 2. The molecule has 0 spiro atoms. The summed E-state index contributed by atoms with van der Waals surface area (Å²) in [5.41, 5.74) is 1.90. The maximum atomic E-state index is 12.6. The number of carbonyl (C=O) groups excluding carboxylic acids is 1. The molecule has 0 bridgehead atoms. The Morgan fingerprint density at radius 1 is 1.33 bits per heavy atom. The standard InChI is InChI=1S/C19H24N4O4/c24-6-5-16-10-23-9-13(7-14(23)11-27-16)20-19(26)18-8-17(21-22-18)12-1-3-15(25)4-2-12/h1-4,8,13-14,16,24-25H,5-7,9-11H2,(H,20,26)(H,21,22)/t13-,14+,16+/m1/s1. The van der Waals surface area contributed by atoms with Gasteiger partial charge in [0, 0.05) is 37.3 Å². The van der Waals surface area contributed by atoms with Crippen LogP contribution in [0.25, 0.3) is 11.3 Å². The van der Waals surface area contributed by atoms with Crippen molar-refractivity contribution in [3.63, 3.8) is 0 Å². The van der Waals surface area contributed by atoms with E-state index < -0.39 is 0 Å². The third-order valence-electron chi connectivity index (χ3n) is 5.26. The number of nitrogens with zero attached hydrogens (tertiary/aromatic N) is 2. The second kappa shape index (κ2) is 7.67. The summed E-state index contributed by atoms with van der Waals surface area (Å²) in [4.78, 5) is 14.9. The Hall–Kier alpha value is -2.42. The van der Waals surface area contributed by atoms with Crippen molar-refractivity contribution in [2.75, 3.05) is 26.3 Å². The minimum atomic E-state index is -0.176. The fourth-order valence-corrected chi connectivity index (χ4v) is 3.85. The number of phenols is 1. The van der Waals surface area contributed by atoms with Crippen LogP contribution in [-0.2, 0) is 4.74 Å². The normalized spacial score (nSPS) is 25.3. The molecule has 8 heteroatoms. The first-order valence-electron chi connectivity index (χ1n) is 9.24. The number of carbonyl (C=O) groups is 1. The molecule has 2 saturated heterocycles. The average Bonchev–Trinajstić information content (AvgIpc) is 3.29. The van der Waals surface area contributed by atoms with Crippen LogP contribution in [0.15, 0.2) is 30.3 Å². The lowest BCUT2D eigenvalue weighted by Gasteiger charge is -2.34. The predicted octanol–water partition coefficient (Wildman–Crippen LogP) is 0.736. The van der Waals surface area contributed by atoms with Crippen molar-refractivity contribution in [3.05, 3.63) is 36.0 Å². The van der Waals surface area contributed by atoms with Crippen molar-refractivity contribution in [3.8, 4) is 17.0 Å². The van der Waals surface area contributed by atoms with E-state index in [-0.39, 0.29) is 30.4 Å². The van der Waals surface area contributed by atoms with Gasteiger partial charge in [0.05, 0.1) is 18.4 Å². The molecule has 1 amide bonds. The fourth-order valence-electron chi connectivity index (χ4n) is 3.85. The number of hydrogen-bond donors (Lipinski definition) is 4. The van der Waals surface area contributed by atoms with Crippen LogP contribution in [0.5, 0.6) is 5.75 Å². The molecule has 0 unspecified atom stereocenters. The number of fused-ring (bicyclic) bond motifs is 1. The zero-order valence-corrected chi connectivity index (χ0v) is 15.0. The molecule has 3 atom stereocenters. The van der Waals surface area contributed by atoms with Gasteiger partial charge in [0.25, 0.3) is 5.91 Å². The Morgan fingerprint density at radius 3 is 2.93 bits per heavy atom. The van der Waals surface area contributed by atoms with Gasteiger partial charge < -0.3 is 20.3 Å². The molecule has 2 aliphatic rings. The Morgan fingerprint density at radius 2 is 2.15 bits per heavy atom. The maximum absolute atomic E-state index is 12.6. The minimum absolute atomic E-state index is 0.0689. The van der Waals surface area contributed by atoms with E-state index in [9.17, 15) is 9.90 Å². The van der Waals surface area contributed by atoms with Crippen molar-refractivity contribution in [1.29, 1.82) is 0 Å². The zero-order valence-electron chi connectivity index (χ0n) is 15.0. The van der Waals surface area contributed by atoms with Gasteiger partial charge >= 0.3 is 0 Å². The highest BCUT2D eigenvalue weighted by Gasteiger charge is 2.37. The first kappa shape index (κ1) is 18.0. The number of aromatic hydroxyl groups is 1. The Kier molecular flexibility index (Phi) is 5.11. The highest BCUT2D eigenvalue weighted by atomic mass is 16.5. The number of hydrogen-bond acceptors (Lipinski definition) is 6. The van der Waals surface area contributed by atoms with Crippen LogP contribution in [-0.4, -0.2) is 75.7 Å². The molecule has 4 N–H and O–H groups in total. The largest absolute Gasteiger partial charge is 0.508 e. The van der Waals surface area contributed by atoms with Crippen LogP contribution in [0.4, 0.5) is 0 Å². The number of morpholine rings is 1. The van der Waals surface area contributed by atoms with Gasteiger partial charge in [0.15, 0.2) is 0 Å². The summed E-state index contributed by atoms with van der Waals surface area (Å²) in [6.45, 7) is 2.37. The van der Waals surface area contributed by atoms with E-state index in [1.807, 2.05) is 0 Å². The van der Waals surface area contributed by atoms with Crippen LogP contribution in [0.2, 0.25) is 0 Å². The third kappa shape index (κ3) is 3.97. The van der Waals surface area contributed by atoms with Gasteiger partial charge in [-0.05, 0) is 43.2 Å². The van der Waals surface area contributed by atoms with E-state index >= 15 is 0 Å². The lowest BCUT2D eigenvalue weighted by atomic mass is 10.1. The average molecular weight is 372 g/mol. The number of aromatic amines is 1. The monoisotopic (exact) mass is 372 g/mol. The van der Waals surface area contributed by atoms with Gasteiger partial charge in [-0.1, -0.05) is 0 Å². The highest BCUT2D eigenvalue weighted by molar-refractivity contribution is 5.93. The first-order chi connectivity index (χ1) is 13.1. The molecule has 8 nitrogen and oxygen atoms in total. The van der Waals surface area contributed by atoms with E-state index in [2.05, 4.69) is 20.4 Å². The van der Waals surface area contributed by atoms with E-state index in [1.54, 1.807) is 30.3 Å². The summed E-state index contributed by atoms with van der Waals surface area (Å²) in [7, 11) is 0. The lowest BCUT2D eigenvalue weighted by Crippen LogP contribution is -2.46. The number of H-pyrrole nitrogens is 1. The molecule has 0 aliphatic carbocycles. The summed E-state index contributed by atoms with van der Waals surface area (Å²) in [5, 5.41) is 28.5. The summed E-state index contributed by atoms with van der Waals surface area (Å²) < 4.78 is 5.78. The minimum Gasteiger partial charge on any atom is -0.508 e. The molecule has 27 heavy (non-hydrogen) atoms. The van der Waals surface area contributed by atoms with Gasteiger partial charge in [0.1, 0.15) is 11.4 Å². The molecule has 0 saturated carbocycles. The van der Waals surface area contributed by atoms with Gasteiger partial charge in [-0.3, -0.25) is 14.8 Å². The van der Waals surface area contributed by atoms with Crippen LogP contribution in [0, 0.1) is 0 Å². The lowest BCUT2D eigenvalue weighted by molar-refractivity contribution is -0.0566. The van der Waals surface area contributed by atoms with Crippen molar-refractivity contribution in [2.45, 2.75) is 31.0 Å². The van der Waals surface area contributed by atoms with Crippen LogP contribution in [0.3, 0.4) is 0 Å². The van der Waals surface area contributed by atoms with Crippen molar-refractivity contribution < 1.29 is 19.7 Å². The number of rotatable bonds is 5. The summed E-state index contributed by atoms with van der Waals surface area (Å²) in [6.07, 6.45) is 1.58. The number of amides is 1.